The number of halogens is 3. The molecule has 0 aliphatic rings. The first-order chi connectivity index (χ1) is 11.5. The highest BCUT2D eigenvalue weighted by Crippen LogP contribution is 2.37. The van der Waals surface area contributed by atoms with E-state index in [1.54, 1.807) is 48.5 Å². The molecule has 3 aromatic rings. The molecule has 0 aliphatic heterocycles. The van der Waals surface area contributed by atoms with E-state index in [0.717, 1.165) is 0 Å². The molecule has 24 heavy (non-hydrogen) atoms. The minimum absolute atomic E-state index is 0.206. The summed E-state index contributed by atoms with van der Waals surface area (Å²) in [6.07, 6.45) is 1.50. The van der Waals surface area contributed by atoms with Crippen molar-refractivity contribution in [1.29, 1.82) is 0 Å². The van der Waals surface area contributed by atoms with Gasteiger partial charge in [0.2, 0.25) is 0 Å². The van der Waals surface area contributed by atoms with Crippen LogP contribution in [-0.2, 0) is 0 Å². The van der Waals surface area contributed by atoms with Crippen LogP contribution < -0.4 is 5.73 Å². The van der Waals surface area contributed by atoms with Crippen molar-refractivity contribution < 1.29 is 4.79 Å². The number of hydrogen-bond donors (Lipinski definition) is 1. The van der Waals surface area contributed by atoms with Gasteiger partial charge in [-0.15, -0.1) is 0 Å². The molecule has 0 amide bonds. The van der Waals surface area contributed by atoms with Crippen LogP contribution >= 0.6 is 34.8 Å². The molecular weight excluding hydrogens is 367 g/mol. The Kier molecular flexibility index (Phi) is 4.76. The lowest BCUT2D eigenvalue weighted by Crippen LogP contribution is -2.08. The summed E-state index contributed by atoms with van der Waals surface area (Å²) in [5.74, 6) is -0.287. The predicted molar refractivity (Wildman–Crippen MR) is 99.0 cm³/mol. The van der Waals surface area contributed by atoms with Crippen LogP contribution in [0.3, 0.4) is 0 Å². The van der Waals surface area contributed by atoms with Crippen LogP contribution in [0.5, 0.6) is 0 Å². The van der Waals surface area contributed by atoms with E-state index in [-0.39, 0.29) is 11.5 Å². The first-order valence-electron chi connectivity index (χ1n) is 6.98. The average Bonchev–Trinajstić information content (AvgIpc) is 2.56. The van der Waals surface area contributed by atoms with Gasteiger partial charge in [0.15, 0.2) is 5.78 Å². The Morgan fingerprint density at radius 3 is 2.12 bits per heavy atom. The van der Waals surface area contributed by atoms with E-state index < -0.39 is 0 Å². The highest BCUT2D eigenvalue weighted by molar-refractivity contribution is 6.39. The smallest absolute Gasteiger partial charge is 0.196 e. The summed E-state index contributed by atoms with van der Waals surface area (Å²) in [4.78, 5) is 17.0. The Morgan fingerprint density at radius 2 is 1.46 bits per heavy atom. The Labute approximate surface area is 154 Å². The van der Waals surface area contributed by atoms with Gasteiger partial charge in [-0.25, -0.2) is 0 Å². The van der Waals surface area contributed by atoms with Crippen LogP contribution in [0.4, 0.5) is 5.69 Å². The fourth-order valence-corrected chi connectivity index (χ4v) is 3.18. The fourth-order valence-electron chi connectivity index (χ4n) is 2.38. The number of carbonyl (C=O) groups is 1. The van der Waals surface area contributed by atoms with Gasteiger partial charge in [0.1, 0.15) is 0 Å². The van der Waals surface area contributed by atoms with Gasteiger partial charge in [-0.05, 0) is 30.3 Å². The molecule has 0 spiro atoms. The maximum atomic E-state index is 12.8. The molecule has 0 saturated heterocycles. The number of nitrogens with two attached hydrogens (primary N) is 1. The molecule has 0 aliphatic carbocycles. The molecule has 3 rings (SSSR count). The first-order valence-corrected chi connectivity index (χ1v) is 8.12. The van der Waals surface area contributed by atoms with E-state index in [4.69, 9.17) is 40.5 Å². The van der Waals surface area contributed by atoms with Crippen LogP contribution in [0.1, 0.15) is 15.9 Å². The minimum atomic E-state index is -0.287. The van der Waals surface area contributed by atoms with Crippen molar-refractivity contribution in [2.45, 2.75) is 0 Å². The van der Waals surface area contributed by atoms with Crippen LogP contribution in [0, 0.1) is 0 Å². The van der Waals surface area contributed by atoms with Gasteiger partial charge in [-0.2, -0.15) is 0 Å². The summed E-state index contributed by atoms with van der Waals surface area (Å²) >= 11 is 18.6. The van der Waals surface area contributed by atoms with E-state index in [2.05, 4.69) is 4.98 Å². The first kappa shape index (κ1) is 16.8. The lowest BCUT2D eigenvalue weighted by molar-refractivity contribution is 0.103. The zero-order chi connectivity index (χ0) is 17.3. The SMILES string of the molecule is Nc1c(C(=O)c2ccccc2Cl)ccnc1-c1c(Cl)cccc1Cl. The number of ketones is 1. The number of nitrogens with zero attached hydrogens (tertiary/aromatic N) is 1. The van der Waals surface area contributed by atoms with Crippen LogP contribution in [0.2, 0.25) is 15.1 Å². The highest BCUT2D eigenvalue weighted by Gasteiger charge is 2.20. The molecule has 120 valence electrons. The molecule has 0 saturated carbocycles. The Hall–Kier alpha value is -2.07. The van der Waals surface area contributed by atoms with Crippen molar-refractivity contribution in [3.8, 4) is 11.3 Å². The molecule has 0 unspecified atom stereocenters. The highest BCUT2D eigenvalue weighted by atomic mass is 35.5. The second kappa shape index (κ2) is 6.81. The monoisotopic (exact) mass is 376 g/mol. The summed E-state index contributed by atoms with van der Waals surface area (Å²) in [6, 6.07) is 13.4. The van der Waals surface area contributed by atoms with Crippen LogP contribution in [0.25, 0.3) is 11.3 Å². The number of hydrogen-bond acceptors (Lipinski definition) is 3. The third-order valence-corrected chi connectivity index (χ3v) is 4.51. The summed E-state index contributed by atoms with van der Waals surface area (Å²) in [5, 5.41) is 1.17. The molecule has 2 N–H and O–H groups in total. The summed E-state index contributed by atoms with van der Waals surface area (Å²) in [7, 11) is 0. The topological polar surface area (TPSA) is 56.0 Å². The van der Waals surface area contributed by atoms with Gasteiger partial charge in [0.05, 0.1) is 26.4 Å². The van der Waals surface area contributed by atoms with Gasteiger partial charge in [-0.1, -0.05) is 53.0 Å². The van der Waals surface area contributed by atoms with E-state index in [9.17, 15) is 4.79 Å². The Balaban J connectivity index is 2.17. The van der Waals surface area contributed by atoms with Gasteiger partial charge in [0.25, 0.3) is 0 Å². The molecule has 3 nitrogen and oxygen atoms in total. The molecule has 6 heteroatoms. The van der Waals surface area contributed by atoms with E-state index in [1.165, 1.54) is 6.20 Å². The minimum Gasteiger partial charge on any atom is -0.396 e. The van der Waals surface area contributed by atoms with Gasteiger partial charge >= 0.3 is 0 Å². The Bertz CT molecular complexity index is 921. The van der Waals surface area contributed by atoms with E-state index >= 15 is 0 Å². The molecule has 1 heterocycles. The lowest BCUT2D eigenvalue weighted by atomic mass is 9.99. The molecule has 1 aromatic heterocycles. The third-order valence-electron chi connectivity index (χ3n) is 3.55. The van der Waals surface area contributed by atoms with Crippen molar-refractivity contribution in [3.63, 3.8) is 0 Å². The fraction of sp³-hybridized carbons (Fsp3) is 0. The van der Waals surface area contributed by atoms with Crippen molar-refractivity contribution in [2.75, 3.05) is 5.73 Å². The lowest BCUT2D eigenvalue weighted by Gasteiger charge is -2.12. The molecule has 0 bridgehead atoms. The van der Waals surface area contributed by atoms with Crippen molar-refractivity contribution >= 4 is 46.3 Å². The van der Waals surface area contributed by atoms with Crippen molar-refractivity contribution in [3.05, 3.63) is 80.9 Å². The number of pyridine rings is 1. The largest absolute Gasteiger partial charge is 0.396 e. The number of carbonyl (C=O) groups excluding carboxylic acids is 1. The second-order valence-electron chi connectivity index (χ2n) is 5.03. The number of benzene rings is 2. The number of anilines is 1. The van der Waals surface area contributed by atoms with Crippen LogP contribution in [0.15, 0.2) is 54.7 Å². The average molecular weight is 378 g/mol. The number of aromatic nitrogens is 1. The molecule has 2 aromatic carbocycles. The maximum absolute atomic E-state index is 12.8. The standard InChI is InChI=1S/C18H11Cl3N2O/c19-12-5-2-1-4-10(12)18(24)11-8-9-23-17(16(11)22)15-13(20)6-3-7-14(15)21/h1-9H,22H2. The summed E-state index contributed by atoms with van der Waals surface area (Å²) < 4.78 is 0. The molecular formula is C18H11Cl3N2O. The van der Waals surface area contributed by atoms with Crippen molar-refractivity contribution in [2.24, 2.45) is 0 Å². The van der Waals surface area contributed by atoms with Gasteiger partial charge < -0.3 is 5.73 Å². The molecule has 0 atom stereocenters. The van der Waals surface area contributed by atoms with Crippen molar-refractivity contribution in [1.82, 2.24) is 4.98 Å². The quantitative estimate of drug-likeness (QED) is 0.611. The second-order valence-corrected chi connectivity index (χ2v) is 6.25. The van der Waals surface area contributed by atoms with Gasteiger partial charge in [0, 0.05) is 22.9 Å². The maximum Gasteiger partial charge on any atom is 0.196 e. The molecule has 0 radical (unpaired) electrons. The zero-order valence-corrected chi connectivity index (χ0v) is 14.5. The van der Waals surface area contributed by atoms with Gasteiger partial charge in [-0.3, -0.25) is 9.78 Å². The Morgan fingerprint density at radius 1 is 0.833 bits per heavy atom. The summed E-state index contributed by atoms with van der Waals surface area (Å²) in [6.45, 7) is 0. The number of nitrogen functional groups attached to an aromatic ring is 1. The molecule has 0 fully saturated rings. The van der Waals surface area contributed by atoms with E-state index in [1.807, 2.05) is 0 Å². The predicted octanol–water partition coefficient (Wildman–Crippen LogP) is 5.52. The van der Waals surface area contributed by atoms with Crippen LogP contribution in [-0.4, -0.2) is 10.8 Å². The summed E-state index contributed by atoms with van der Waals surface area (Å²) in [5.41, 5.74) is 7.93. The third kappa shape index (κ3) is 2.98. The zero-order valence-electron chi connectivity index (χ0n) is 12.3. The van der Waals surface area contributed by atoms with E-state index in [0.29, 0.717) is 37.5 Å². The number of rotatable bonds is 3. The normalized spacial score (nSPS) is 10.6.